The van der Waals surface area contributed by atoms with Crippen molar-refractivity contribution in [2.75, 3.05) is 56.8 Å². The van der Waals surface area contributed by atoms with Gasteiger partial charge in [-0.2, -0.15) is 0 Å². The van der Waals surface area contributed by atoms with Crippen molar-refractivity contribution < 1.29 is 28.5 Å². The molecule has 2 heterocycles. The van der Waals surface area contributed by atoms with E-state index < -0.39 is 11.9 Å². The van der Waals surface area contributed by atoms with Crippen LogP contribution in [0.25, 0.3) is 0 Å². The molecule has 1 fully saturated rings. The molecule has 2 aliphatic rings. The molecule has 0 unspecified atom stereocenters. The summed E-state index contributed by atoms with van der Waals surface area (Å²) in [7, 11) is 1.32. The van der Waals surface area contributed by atoms with E-state index in [-0.39, 0.29) is 5.11 Å². The fourth-order valence-electron chi connectivity index (χ4n) is 3.47. The van der Waals surface area contributed by atoms with E-state index in [1.54, 1.807) is 30.3 Å². The van der Waals surface area contributed by atoms with Crippen LogP contribution in [0.15, 0.2) is 36.4 Å². The quantitative estimate of drug-likeness (QED) is 0.529. The lowest BCUT2D eigenvalue weighted by atomic mass is 10.1. The van der Waals surface area contributed by atoms with Gasteiger partial charge in [-0.05, 0) is 48.6 Å². The number of benzene rings is 2. The molecule has 9 nitrogen and oxygen atoms in total. The summed E-state index contributed by atoms with van der Waals surface area (Å²) in [5, 5.41) is 5.81. The lowest BCUT2D eigenvalue weighted by molar-refractivity contribution is 0.0600. The highest BCUT2D eigenvalue weighted by Crippen LogP contribution is 2.31. The zero-order chi connectivity index (χ0) is 22.5. The molecule has 0 aliphatic carbocycles. The standard InChI is InChI=1S/C22H23N3O6S/c1-28-21(27)15-2-4-17(25-6-8-29-9-7-25)16(12-15)23-22(32)24-20(26)14-3-5-18-19(13-14)31-11-10-30-18/h2-5,12-13H,6-11H2,1H3,(H2,23,24,26,32). The Hall–Kier alpha value is -3.37. The number of hydrogen-bond acceptors (Lipinski definition) is 8. The Labute approximate surface area is 190 Å². The van der Waals surface area contributed by atoms with Crippen LogP contribution in [0.2, 0.25) is 0 Å². The smallest absolute Gasteiger partial charge is 0.337 e. The maximum Gasteiger partial charge on any atom is 0.337 e. The number of thiocarbonyl (C=S) groups is 1. The van der Waals surface area contributed by atoms with E-state index in [0.717, 1.165) is 5.69 Å². The van der Waals surface area contributed by atoms with Gasteiger partial charge in [0.15, 0.2) is 16.6 Å². The molecule has 4 rings (SSSR count). The third-order valence-corrected chi connectivity index (χ3v) is 5.25. The second-order valence-corrected chi connectivity index (χ2v) is 7.50. The van der Waals surface area contributed by atoms with Gasteiger partial charge in [-0.1, -0.05) is 0 Å². The first-order valence-electron chi connectivity index (χ1n) is 10.1. The average Bonchev–Trinajstić information content (AvgIpc) is 2.83. The van der Waals surface area contributed by atoms with Gasteiger partial charge in [-0.3, -0.25) is 10.1 Å². The monoisotopic (exact) mass is 457 g/mol. The van der Waals surface area contributed by atoms with Gasteiger partial charge in [0.2, 0.25) is 0 Å². The summed E-state index contributed by atoms with van der Waals surface area (Å²) < 4.78 is 21.3. The van der Waals surface area contributed by atoms with Crippen LogP contribution < -0.4 is 25.0 Å². The zero-order valence-electron chi connectivity index (χ0n) is 17.5. The van der Waals surface area contributed by atoms with E-state index >= 15 is 0 Å². The summed E-state index contributed by atoms with van der Waals surface area (Å²) in [6.07, 6.45) is 0. The van der Waals surface area contributed by atoms with E-state index in [4.69, 9.17) is 31.2 Å². The van der Waals surface area contributed by atoms with Gasteiger partial charge in [0.05, 0.1) is 37.3 Å². The first-order valence-corrected chi connectivity index (χ1v) is 10.5. The van der Waals surface area contributed by atoms with Crippen molar-refractivity contribution in [3.63, 3.8) is 0 Å². The molecule has 1 saturated heterocycles. The van der Waals surface area contributed by atoms with E-state index in [1.165, 1.54) is 7.11 Å². The number of carbonyl (C=O) groups excluding carboxylic acids is 2. The second-order valence-electron chi connectivity index (χ2n) is 7.09. The number of anilines is 2. The minimum Gasteiger partial charge on any atom is -0.486 e. The molecule has 0 bridgehead atoms. The Morgan fingerprint density at radius 2 is 1.69 bits per heavy atom. The zero-order valence-corrected chi connectivity index (χ0v) is 18.3. The van der Waals surface area contributed by atoms with Gasteiger partial charge in [-0.25, -0.2) is 4.79 Å². The summed E-state index contributed by atoms with van der Waals surface area (Å²) in [4.78, 5) is 26.8. The number of hydrogen-bond donors (Lipinski definition) is 2. The molecular weight excluding hydrogens is 434 g/mol. The maximum absolute atomic E-state index is 12.7. The molecule has 2 N–H and O–H groups in total. The Balaban J connectivity index is 1.51. The van der Waals surface area contributed by atoms with Crippen LogP contribution in [0.3, 0.4) is 0 Å². The molecule has 0 saturated carbocycles. The van der Waals surface area contributed by atoms with Crippen LogP contribution in [0, 0.1) is 0 Å². The van der Waals surface area contributed by atoms with Gasteiger partial charge >= 0.3 is 5.97 Å². The van der Waals surface area contributed by atoms with Crippen molar-refractivity contribution in [1.29, 1.82) is 0 Å². The van der Waals surface area contributed by atoms with Crippen LogP contribution in [0.1, 0.15) is 20.7 Å². The van der Waals surface area contributed by atoms with Crippen molar-refractivity contribution in [1.82, 2.24) is 5.32 Å². The van der Waals surface area contributed by atoms with Crippen molar-refractivity contribution in [3.8, 4) is 11.5 Å². The molecule has 2 aromatic carbocycles. The molecule has 1 amide bonds. The first kappa shape index (κ1) is 21.8. The number of nitrogens with zero attached hydrogens (tertiary/aromatic N) is 1. The normalized spacial score (nSPS) is 15.0. The van der Waals surface area contributed by atoms with E-state index in [1.807, 2.05) is 6.07 Å². The van der Waals surface area contributed by atoms with E-state index in [9.17, 15) is 9.59 Å². The largest absolute Gasteiger partial charge is 0.486 e. The van der Waals surface area contributed by atoms with Crippen molar-refractivity contribution in [2.45, 2.75) is 0 Å². The van der Waals surface area contributed by atoms with E-state index in [0.29, 0.717) is 67.8 Å². The molecule has 10 heteroatoms. The Morgan fingerprint density at radius 3 is 2.44 bits per heavy atom. The lowest BCUT2D eigenvalue weighted by Crippen LogP contribution is -2.38. The molecule has 0 radical (unpaired) electrons. The number of morpholine rings is 1. The van der Waals surface area contributed by atoms with Crippen LogP contribution in [0.4, 0.5) is 11.4 Å². The third-order valence-electron chi connectivity index (χ3n) is 5.05. The highest BCUT2D eigenvalue weighted by atomic mass is 32.1. The SMILES string of the molecule is COC(=O)c1ccc(N2CCOCC2)c(NC(=S)NC(=O)c2ccc3c(c2)OCCO3)c1. The molecule has 0 spiro atoms. The molecule has 0 atom stereocenters. The van der Waals surface area contributed by atoms with Crippen molar-refractivity contribution in [3.05, 3.63) is 47.5 Å². The number of fused-ring (bicyclic) bond motifs is 1. The van der Waals surface area contributed by atoms with Crippen LogP contribution in [-0.2, 0) is 9.47 Å². The molecule has 2 aliphatic heterocycles. The summed E-state index contributed by atoms with van der Waals surface area (Å²) in [6.45, 7) is 3.50. The van der Waals surface area contributed by atoms with Gasteiger partial charge in [-0.15, -0.1) is 0 Å². The first-order chi connectivity index (χ1) is 15.5. The number of rotatable bonds is 4. The second kappa shape index (κ2) is 9.84. The van der Waals surface area contributed by atoms with E-state index in [2.05, 4.69) is 15.5 Å². The van der Waals surface area contributed by atoms with Crippen LogP contribution >= 0.6 is 12.2 Å². The van der Waals surface area contributed by atoms with Gasteiger partial charge in [0.25, 0.3) is 5.91 Å². The molecule has 2 aromatic rings. The van der Waals surface area contributed by atoms with Crippen LogP contribution in [0.5, 0.6) is 11.5 Å². The Morgan fingerprint density at radius 1 is 0.969 bits per heavy atom. The predicted molar refractivity (Wildman–Crippen MR) is 122 cm³/mol. The summed E-state index contributed by atoms with van der Waals surface area (Å²) in [6, 6.07) is 10.1. The van der Waals surface area contributed by atoms with Crippen LogP contribution in [-0.4, -0.2) is 63.6 Å². The number of esters is 1. The van der Waals surface area contributed by atoms with Gasteiger partial charge < -0.3 is 29.2 Å². The number of methoxy groups -OCH3 is 1. The fraction of sp³-hybridized carbons (Fsp3) is 0.318. The molecule has 0 aromatic heterocycles. The minimum absolute atomic E-state index is 0.0985. The Bertz CT molecular complexity index is 1040. The molecule has 168 valence electrons. The number of amides is 1. The third kappa shape index (κ3) is 4.92. The lowest BCUT2D eigenvalue weighted by Gasteiger charge is -2.31. The topological polar surface area (TPSA) is 98.4 Å². The highest BCUT2D eigenvalue weighted by molar-refractivity contribution is 7.80. The average molecular weight is 458 g/mol. The maximum atomic E-state index is 12.7. The van der Waals surface area contributed by atoms with Gasteiger partial charge in [0, 0.05) is 18.7 Å². The van der Waals surface area contributed by atoms with Crippen molar-refractivity contribution in [2.24, 2.45) is 0 Å². The van der Waals surface area contributed by atoms with Gasteiger partial charge in [0.1, 0.15) is 13.2 Å². The number of carbonyl (C=O) groups is 2. The minimum atomic E-state index is -0.465. The summed E-state index contributed by atoms with van der Waals surface area (Å²) >= 11 is 5.37. The summed E-state index contributed by atoms with van der Waals surface area (Å²) in [5.74, 6) is 0.260. The molecular formula is C22H23N3O6S. The molecule has 32 heavy (non-hydrogen) atoms. The van der Waals surface area contributed by atoms with Crippen molar-refractivity contribution >= 4 is 40.6 Å². The number of ether oxygens (including phenoxy) is 4. The number of nitrogens with one attached hydrogen (secondary N) is 2. The predicted octanol–water partition coefficient (Wildman–Crippen LogP) is 2.21. The highest BCUT2D eigenvalue weighted by Gasteiger charge is 2.19. The summed E-state index contributed by atoms with van der Waals surface area (Å²) in [5.41, 5.74) is 2.18. The Kier molecular flexibility index (Phi) is 6.72. The fourth-order valence-corrected chi connectivity index (χ4v) is 3.68.